The Morgan fingerprint density at radius 2 is 2.29 bits per heavy atom. The van der Waals surface area contributed by atoms with E-state index < -0.39 is 0 Å². The molecular formula is C14H17NO2. The molecule has 1 aliphatic rings. The first kappa shape index (κ1) is 11.9. The van der Waals surface area contributed by atoms with Gasteiger partial charge in [-0.1, -0.05) is 24.8 Å². The van der Waals surface area contributed by atoms with Crippen molar-refractivity contribution >= 4 is 11.6 Å². The first-order valence-electron chi connectivity index (χ1n) is 5.91. The fraction of sp³-hybridized carbons (Fsp3) is 0.357. The summed E-state index contributed by atoms with van der Waals surface area (Å²) < 4.78 is 0. The van der Waals surface area contributed by atoms with Crippen LogP contribution in [0, 0.1) is 0 Å². The smallest absolute Gasteiger partial charge is 0.250 e. The quantitative estimate of drug-likeness (QED) is 0.809. The zero-order valence-corrected chi connectivity index (χ0v) is 9.80. The Bertz CT molecular complexity index is 428. The molecule has 17 heavy (non-hydrogen) atoms. The normalized spacial score (nSPS) is 18.6. The van der Waals surface area contributed by atoms with Crippen LogP contribution in [0.1, 0.15) is 24.3 Å². The number of amides is 1. The van der Waals surface area contributed by atoms with Crippen LogP contribution in [0.25, 0.3) is 0 Å². The lowest BCUT2D eigenvalue weighted by Gasteiger charge is -2.33. The van der Waals surface area contributed by atoms with Crippen molar-refractivity contribution in [3.63, 3.8) is 0 Å². The third-order valence-corrected chi connectivity index (χ3v) is 3.29. The van der Waals surface area contributed by atoms with E-state index in [9.17, 15) is 4.79 Å². The second-order valence-corrected chi connectivity index (χ2v) is 4.25. The van der Waals surface area contributed by atoms with Gasteiger partial charge in [-0.25, -0.2) is 0 Å². The van der Waals surface area contributed by atoms with Crippen molar-refractivity contribution in [2.75, 3.05) is 18.1 Å². The van der Waals surface area contributed by atoms with E-state index in [0.717, 1.165) is 24.1 Å². The minimum Gasteiger partial charge on any atom is -0.396 e. The minimum atomic E-state index is -0.0556. The maximum Gasteiger partial charge on any atom is 0.250 e. The Hall–Kier alpha value is -1.61. The zero-order chi connectivity index (χ0) is 12.3. The van der Waals surface area contributed by atoms with Gasteiger partial charge in [-0.15, -0.1) is 0 Å². The second-order valence-electron chi connectivity index (χ2n) is 4.25. The van der Waals surface area contributed by atoms with Crippen LogP contribution in [-0.2, 0) is 4.79 Å². The van der Waals surface area contributed by atoms with Crippen LogP contribution >= 0.6 is 0 Å². The van der Waals surface area contributed by atoms with Gasteiger partial charge in [0, 0.05) is 18.8 Å². The van der Waals surface area contributed by atoms with Crippen LogP contribution in [0.4, 0.5) is 5.69 Å². The number of nitrogens with zero attached hydrogens (tertiary/aromatic N) is 1. The number of benzene rings is 1. The van der Waals surface area contributed by atoms with E-state index in [1.54, 1.807) is 4.90 Å². The fourth-order valence-electron chi connectivity index (χ4n) is 2.43. The summed E-state index contributed by atoms with van der Waals surface area (Å²) in [6.45, 7) is 4.42. The molecule has 1 aromatic rings. The molecule has 1 amide bonds. The molecule has 0 radical (unpaired) electrons. The third kappa shape index (κ3) is 2.24. The molecule has 0 saturated carbocycles. The molecule has 0 spiro atoms. The first-order chi connectivity index (χ1) is 8.27. The van der Waals surface area contributed by atoms with Gasteiger partial charge in [-0.05, 0) is 36.5 Å². The summed E-state index contributed by atoms with van der Waals surface area (Å²) in [7, 11) is 0. The van der Waals surface area contributed by atoms with Crippen LogP contribution in [0.5, 0.6) is 0 Å². The molecular weight excluding hydrogens is 214 g/mol. The maximum atomic E-state index is 11.8. The highest BCUT2D eigenvalue weighted by Gasteiger charge is 2.26. The number of carbonyl (C=O) groups is 1. The lowest BCUT2D eigenvalue weighted by Crippen LogP contribution is -2.35. The summed E-state index contributed by atoms with van der Waals surface area (Å²) in [6.07, 6.45) is 3.01. The van der Waals surface area contributed by atoms with E-state index in [2.05, 4.69) is 6.58 Å². The molecule has 1 aliphatic heterocycles. The molecule has 2 rings (SSSR count). The lowest BCUT2D eigenvalue weighted by atomic mass is 9.87. The lowest BCUT2D eigenvalue weighted by molar-refractivity contribution is -0.114. The van der Waals surface area contributed by atoms with Crippen LogP contribution in [0.3, 0.4) is 0 Å². The van der Waals surface area contributed by atoms with Crippen molar-refractivity contribution in [3.8, 4) is 0 Å². The maximum absolute atomic E-state index is 11.8. The Kier molecular flexibility index (Phi) is 3.59. The molecule has 0 aromatic heterocycles. The van der Waals surface area contributed by atoms with E-state index in [-0.39, 0.29) is 12.5 Å². The molecule has 1 unspecified atom stereocenters. The van der Waals surface area contributed by atoms with Crippen molar-refractivity contribution < 1.29 is 9.90 Å². The Balaban J connectivity index is 2.36. The van der Waals surface area contributed by atoms with Crippen molar-refractivity contribution in [2.24, 2.45) is 0 Å². The molecule has 1 heterocycles. The molecule has 1 N–H and O–H groups in total. The summed E-state index contributed by atoms with van der Waals surface area (Å²) in [4.78, 5) is 13.5. The zero-order valence-electron chi connectivity index (χ0n) is 9.80. The monoisotopic (exact) mass is 231 g/mol. The topological polar surface area (TPSA) is 40.5 Å². The number of anilines is 1. The fourth-order valence-corrected chi connectivity index (χ4v) is 2.43. The Morgan fingerprint density at radius 1 is 1.53 bits per heavy atom. The highest BCUT2D eigenvalue weighted by molar-refractivity contribution is 6.02. The van der Waals surface area contributed by atoms with Crippen molar-refractivity contribution in [1.82, 2.24) is 0 Å². The third-order valence-electron chi connectivity index (χ3n) is 3.29. The molecule has 3 heteroatoms. The largest absolute Gasteiger partial charge is 0.396 e. The van der Waals surface area contributed by atoms with Crippen molar-refractivity contribution in [1.29, 1.82) is 0 Å². The van der Waals surface area contributed by atoms with Crippen LogP contribution < -0.4 is 4.90 Å². The Morgan fingerprint density at radius 3 is 3.00 bits per heavy atom. The van der Waals surface area contributed by atoms with Gasteiger partial charge in [0.2, 0.25) is 5.91 Å². The average molecular weight is 231 g/mol. The number of aliphatic hydroxyl groups is 1. The van der Waals surface area contributed by atoms with Gasteiger partial charge in [0.05, 0.1) is 0 Å². The summed E-state index contributed by atoms with van der Waals surface area (Å²) in [6, 6.07) is 7.91. The molecule has 1 aromatic carbocycles. The van der Waals surface area contributed by atoms with Gasteiger partial charge in [0.15, 0.2) is 0 Å². The van der Waals surface area contributed by atoms with E-state index in [4.69, 9.17) is 5.11 Å². The summed E-state index contributed by atoms with van der Waals surface area (Å²) >= 11 is 0. The SMILES string of the molecule is C=CC(=O)N1CCC(CCO)c2ccccc21. The number of fused-ring (bicyclic) bond motifs is 1. The molecule has 3 nitrogen and oxygen atoms in total. The van der Waals surface area contributed by atoms with E-state index in [1.165, 1.54) is 6.08 Å². The number of aliphatic hydroxyl groups excluding tert-OH is 1. The predicted molar refractivity (Wildman–Crippen MR) is 68.1 cm³/mol. The predicted octanol–water partition coefficient (Wildman–Crippen LogP) is 2.08. The van der Waals surface area contributed by atoms with E-state index in [1.807, 2.05) is 24.3 Å². The number of hydrogen-bond acceptors (Lipinski definition) is 2. The van der Waals surface area contributed by atoms with Gasteiger partial charge >= 0.3 is 0 Å². The van der Waals surface area contributed by atoms with Crippen LogP contribution in [0.15, 0.2) is 36.9 Å². The van der Waals surface area contributed by atoms with Gasteiger partial charge in [0.25, 0.3) is 0 Å². The second kappa shape index (κ2) is 5.15. The van der Waals surface area contributed by atoms with Crippen molar-refractivity contribution in [3.05, 3.63) is 42.5 Å². The minimum absolute atomic E-state index is 0.0556. The van der Waals surface area contributed by atoms with Crippen LogP contribution in [-0.4, -0.2) is 24.2 Å². The molecule has 0 saturated heterocycles. The molecule has 0 bridgehead atoms. The number of para-hydroxylation sites is 1. The number of rotatable bonds is 3. The Labute approximate surface area is 101 Å². The van der Waals surface area contributed by atoms with E-state index >= 15 is 0 Å². The summed E-state index contributed by atoms with van der Waals surface area (Å²) in [5.74, 6) is 0.296. The standard InChI is InChI=1S/C14H17NO2/c1-2-14(17)15-9-7-11(8-10-16)12-5-3-4-6-13(12)15/h2-6,11,16H,1,7-10H2. The van der Waals surface area contributed by atoms with Crippen LogP contribution in [0.2, 0.25) is 0 Å². The number of hydrogen-bond donors (Lipinski definition) is 1. The van der Waals surface area contributed by atoms with E-state index in [0.29, 0.717) is 12.5 Å². The van der Waals surface area contributed by atoms with Gasteiger partial charge < -0.3 is 10.0 Å². The van der Waals surface area contributed by atoms with Gasteiger partial charge in [-0.2, -0.15) is 0 Å². The molecule has 90 valence electrons. The summed E-state index contributed by atoms with van der Waals surface area (Å²) in [5, 5.41) is 9.07. The van der Waals surface area contributed by atoms with Crippen molar-refractivity contribution in [2.45, 2.75) is 18.8 Å². The highest BCUT2D eigenvalue weighted by atomic mass is 16.3. The highest BCUT2D eigenvalue weighted by Crippen LogP contribution is 2.36. The summed E-state index contributed by atoms with van der Waals surface area (Å²) in [5.41, 5.74) is 2.12. The van der Waals surface area contributed by atoms with Gasteiger partial charge in [0.1, 0.15) is 0 Å². The molecule has 1 atom stereocenters. The van der Waals surface area contributed by atoms with Gasteiger partial charge in [-0.3, -0.25) is 4.79 Å². The molecule has 0 fully saturated rings. The average Bonchev–Trinajstić information content (AvgIpc) is 2.38. The number of carbonyl (C=O) groups excluding carboxylic acids is 1. The molecule has 0 aliphatic carbocycles. The first-order valence-corrected chi connectivity index (χ1v) is 5.91.